The van der Waals surface area contributed by atoms with E-state index < -0.39 is 0 Å². The first-order valence-corrected chi connectivity index (χ1v) is 8.55. The lowest BCUT2D eigenvalue weighted by Crippen LogP contribution is -2.33. The summed E-state index contributed by atoms with van der Waals surface area (Å²) in [5.41, 5.74) is 3.21. The van der Waals surface area contributed by atoms with Crippen LogP contribution in [-0.4, -0.2) is 24.2 Å². The molecule has 0 radical (unpaired) electrons. The predicted octanol–water partition coefficient (Wildman–Crippen LogP) is 2.98. The SMILES string of the molecule is Cc1noc(C)c1CCCNC(=O)[C@H]1CCOc2ccccc2C1. The summed E-state index contributed by atoms with van der Waals surface area (Å²) in [6.45, 7) is 5.14. The van der Waals surface area contributed by atoms with Gasteiger partial charge in [0.25, 0.3) is 0 Å². The minimum Gasteiger partial charge on any atom is -0.493 e. The average molecular weight is 328 g/mol. The van der Waals surface area contributed by atoms with Crippen molar-refractivity contribution in [2.24, 2.45) is 5.92 Å². The molecule has 0 saturated carbocycles. The Morgan fingerprint density at radius 2 is 2.17 bits per heavy atom. The van der Waals surface area contributed by atoms with Crippen LogP contribution in [0.2, 0.25) is 0 Å². The molecule has 0 spiro atoms. The highest BCUT2D eigenvalue weighted by atomic mass is 16.5. The number of ether oxygens (including phenoxy) is 1. The van der Waals surface area contributed by atoms with E-state index in [4.69, 9.17) is 9.26 Å². The number of hydrogen-bond donors (Lipinski definition) is 1. The number of para-hydroxylation sites is 1. The van der Waals surface area contributed by atoms with Gasteiger partial charge >= 0.3 is 0 Å². The summed E-state index contributed by atoms with van der Waals surface area (Å²) in [6, 6.07) is 7.97. The van der Waals surface area contributed by atoms with E-state index in [2.05, 4.69) is 10.5 Å². The molecule has 1 aromatic heterocycles. The molecule has 0 fully saturated rings. The van der Waals surface area contributed by atoms with Crippen LogP contribution in [0.4, 0.5) is 0 Å². The van der Waals surface area contributed by atoms with Crippen LogP contribution in [0.3, 0.4) is 0 Å². The van der Waals surface area contributed by atoms with Gasteiger partial charge in [-0.3, -0.25) is 4.79 Å². The van der Waals surface area contributed by atoms with Crippen molar-refractivity contribution in [1.29, 1.82) is 0 Å². The summed E-state index contributed by atoms with van der Waals surface area (Å²) in [4.78, 5) is 12.5. The number of benzene rings is 1. The number of nitrogens with one attached hydrogen (secondary N) is 1. The number of carbonyl (C=O) groups excluding carboxylic acids is 1. The standard InChI is InChI=1S/C19H24N2O3/c1-13-17(14(2)24-21-13)7-5-10-20-19(22)16-9-11-23-18-8-4-3-6-15(18)12-16/h3-4,6,8,16H,5,7,9-12H2,1-2H3,(H,20,22)/t16-/m0/s1. The van der Waals surface area contributed by atoms with Gasteiger partial charge in [-0.05, 0) is 51.2 Å². The third kappa shape index (κ3) is 3.78. The van der Waals surface area contributed by atoms with Gasteiger partial charge in [-0.1, -0.05) is 23.4 Å². The molecule has 1 aliphatic heterocycles. The smallest absolute Gasteiger partial charge is 0.223 e. The van der Waals surface area contributed by atoms with Gasteiger partial charge < -0.3 is 14.6 Å². The summed E-state index contributed by atoms with van der Waals surface area (Å²) in [7, 11) is 0. The molecule has 1 N–H and O–H groups in total. The quantitative estimate of drug-likeness (QED) is 0.857. The van der Waals surface area contributed by atoms with Crippen molar-refractivity contribution in [3.05, 3.63) is 46.8 Å². The number of carbonyl (C=O) groups is 1. The van der Waals surface area contributed by atoms with Gasteiger partial charge in [-0.15, -0.1) is 0 Å². The van der Waals surface area contributed by atoms with E-state index in [1.807, 2.05) is 38.1 Å². The second-order valence-corrected chi connectivity index (χ2v) is 6.34. The Bertz CT molecular complexity index is 689. The van der Waals surface area contributed by atoms with E-state index in [1.165, 1.54) is 0 Å². The Balaban J connectivity index is 1.49. The summed E-state index contributed by atoms with van der Waals surface area (Å²) in [5, 5.41) is 7.03. The molecular formula is C19H24N2O3. The fraction of sp³-hybridized carbons (Fsp3) is 0.474. The van der Waals surface area contributed by atoms with Crippen LogP contribution in [0.25, 0.3) is 0 Å². The van der Waals surface area contributed by atoms with Gasteiger partial charge in [0, 0.05) is 18.0 Å². The Kier molecular flexibility index (Phi) is 5.18. The second-order valence-electron chi connectivity index (χ2n) is 6.34. The largest absolute Gasteiger partial charge is 0.493 e. The van der Waals surface area contributed by atoms with Crippen LogP contribution in [0.1, 0.15) is 35.4 Å². The Morgan fingerprint density at radius 1 is 1.33 bits per heavy atom. The van der Waals surface area contributed by atoms with Gasteiger partial charge in [0.2, 0.25) is 5.91 Å². The zero-order valence-corrected chi connectivity index (χ0v) is 14.3. The van der Waals surface area contributed by atoms with Crippen LogP contribution in [-0.2, 0) is 17.6 Å². The zero-order chi connectivity index (χ0) is 16.9. The molecule has 0 unspecified atom stereocenters. The minimum absolute atomic E-state index is 0.0206. The topological polar surface area (TPSA) is 64.4 Å². The lowest BCUT2D eigenvalue weighted by molar-refractivity contribution is -0.125. The molecule has 1 aliphatic rings. The summed E-state index contributed by atoms with van der Waals surface area (Å²) >= 11 is 0. The molecule has 5 nitrogen and oxygen atoms in total. The van der Waals surface area contributed by atoms with Crippen molar-refractivity contribution >= 4 is 5.91 Å². The number of aryl methyl sites for hydroxylation is 2. The first-order valence-electron chi connectivity index (χ1n) is 8.55. The van der Waals surface area contributed by atoms with Crippen LogP contribution < -0.4 is 10.1 Å². The van der Waals surface area contributed by atoms with E-state index in [0.717, 1.165) is 54.0 Å². The van der Waals surface area contributed by atoms with Gasteiger partial charge in [0.1, 0.15) is 11.5 Å². The molecule has 0 bridgehead atoms. The normalized spacial score (nSPS) is 16.8. The number of fused-ring (bicyclic) bond motifs is 1. The molecule has 5 heteroatoms. The highest BCUT2D eigenvalue weighted by molar-refractivity contribution is 5.79. The predicted molar refractivity (Wildman–Crippen MR) is 91.1 cm³/mol. The second kappa shape index (κ2) is 7.51. The van der Waals surface area contributed by atoms with E-state index in [-0.39, 0.29) is 11.8 Å². The number of rotatable bonds is 5. The molecule has 128 valence electrons. The average Bonchev–Trinajstić information content (AvgIpc) is 2.79. The van der Waals surface area contributed by atoms with E-state index >= 15 is 0 Å². The van der Waals surface area contributed by atoms with Gasteiger partial charge in [-0.2, -0.15) is 0 Å². The zero-order valence-electron chi connectivity index (χ0n) is 14.3. The number of amides is 1. The fourth-order valence-corrected chi connectivity index (χ4v) is 3.20. The molecule has 2 heterocycles. The molecule has 3 rings (SSSR count). The van der Waals surface area contributed by atoms with E-state index in [1.54, 1.807) is 0 Å². The lowest BCUT2D eigenvalue weighted by Gasteiger charge is -2.14. The molecule has 24 heavy (non-hydrogen) atoms. The summed E-state index contributed by atoms with van der Waals surface area (Å²) < 4.78 is 10.9. The first-order chi connectivity index (χ1) is 11.6. The molecular weight excluding hydrogens is 304 g/mol. The van der Waals surface area contributed by atoms with Crippen LogP contribution in [0, 0.1) is 19.8 Å². The molecule has 1 aromatic carbocycles. The van der Waals surface area contributed by atoms with Crippen LogP contribution >= 0.6 is 0 Å². The van der Waals surface area contributed by atoms with Gasteiger partial charge in [0.15, 0.2) is 0 Å². The summed E-state index contributed by atoms with van der Waals surface area (Å²) in [5.74, 6) is 1.88. The van der Waals surface area contributed by atoms with Crippen LogP contribution in [0.15, 0.2) is 28.8 Å². The van der Waals surface area contributed by atoms with Gasteiger partial charge in [0.05, 0.1) is 12.3 Å². The van der Waals surface area contributed by atoms with E-state index in [9.17, 15) is 4.79 Å². The Morgan fingerprint density at radius 3 is 2.96 bits per heavy atom. The Labute approximate surface area is 142 Å². The molecule has 1 amide bonds. The third-order valence-electron chi connectivity index (χ3n) is 4.62. The number of hydrogen-bond acceptors (Lipinski definition) is 4. The van der Waals surface area contributed by atoms with Crippen molar-refractivity contribution in [2.75, 3.05) is 13.2 Å². The number of nitrogens with zero attached hydrogens (tertiary/aromatic N) is 1. The lowest BCUT2D eigenvalue weighted by atomic mass is 9.96. The van der Waals surface area contributed by atoms with Crippen molar-refractivity contribution in [3.63, 3.8) is 0 Å². The summed E-state index contributed by atoms with van der Waals surface area (Å²) in [6.07, 6.45) is 3.25. The van der Waals surface area contributed by atoms with Gasteiger partial charge in [-0.25, -0.2) is 0 Å². The monoisotopic (exact) mass is 328 g/mol. The van der Waals surface area contributed by atoms with Crippen molar-refractivity contribution < 1.29 is 14.1 Å². The van der Waals surface area contributed by atoms with Crippen LogP contribution in [0.5, 0.6) is 5.75 Å². The molecule has 0 saturated heterocycles. The maximum Gasteiger partial charge on any atom is 0.223 e. The molecule has 1 atom stereocenters. The highest BCUT2D eigenvalue weighted by Gasteiger charge is 2.23. The fourth-order valence-electron chi connectivity index (χ4n) is 3.20. The maximum atomic E-state index is 12.5. The maximum absolute atomic E-state index is 12.5. The minimum atomic E-state index is -0.0206. The number of aromatic nitrogens is 1. The van der Waals surface area contributed by atoms with Crippen molar-refractivity contribution in [2.45, 2.75) is 39.5 Å². The van der Waals surface area contributed by atoms with Crippen molar-refractivity contribution in [3.8, 4) is 5.75 Å². The van der Waals surface area contributed by atoms with E-state index in [0.29, 0.717) is 13.2 Å². The highest BCUT2D eigenvalue weighted by Crippen LogP contribution is 2.26. The Hall–Kier alpha value is -2.30. The third-order valence-corrected chi connectivity index (χ3v) is 4.62. The molecule has 2 aromatic rings. The molecule has 0 aliphatic carbocycles. The first kappa shape index (κ1) is 16.6. The van der Waals surface area contributed by atoms with Crippen molar-refractivity contribution in [1.82, 2.24) is 10.5 Å².